The van der Waals surface area contributed by atoms with Crippen LogP contribution < -0.4 is 15.4 Å². The molecule has 1 aromatic rings. The monoisotopic (exact) mass is 372 g/mol. The van der Waals surface area contributed by atoms with E-state index in [1.807, 2.05) is 24.3 Å². The van der Waals surface area contributed by atoms with Crippen molar-refractivity contribution in [3.05, 3.63) is 29.8 Å². The van der Waals surface area contributed by atoms with Crippen LogP contribution in [0.5, 0.6) is 5.75 Å². The number of hydrogen-bond donors (Lipinski definition) is 2. The summed E-state index contributed by atoms with van der Waals surface area (Å²) in [5.41, 5.74) is 1.06. The molecular formula is C22H32N2O3. The van der Waals surface area contributed by atoms with Gasteiger partial charge < -0.3 is 15.4 Å². The SMILES string of the molecule is COc1ccc(CNC(=O)C2CCC(C(=O)NC3CCCCC3)CC2)cc1. The van der Waals surface area contributed by atoms with E-state index < -0.39 is 0 Å². The van der Waals surface area contributed by atoms with Gasteiger partial charge in [0.25, 0.3) is 0 Å². The summed E-state index contributed by atoms with van der Waals surface area (Å²) >= 11 is 0. The summed E-state index contributed by atoms with van der Waals surface area (Å²) in [5, 5.41) is 6.27. The fraction of sp³-hybridized carbons (Fsp3) is 0.636. The lowest BCUT2D eigenvalue weighted by atomic mass is 9.81. The smallest absolute Gasteiger partial charge is 0.223 e. The molecule has 0 bridgehead atoms. The van der Waals surface area contributed by atoms with Gasteiger partial charge in [0.05, 0.1) is 7.11 Å². The van der Waals surface area contributed by atoms with Crippen LogP contribution >= 0.6 is 0 Å². The molecule has 27 heavy (non-hydrogen) atoms. The zero-order chi connectivity index (χ0) is 19.1. The summed E-state index contributed by atoms with van der Waals surface area (Å²) in [6.07, 6.45) is 9.23. The predicted molar refractivity (Wildman–Crippen MR) is 105 cm³/mol. The molecule has 0 saturated heterocycles. The molecule has 1 aromatic carbocycles. The van der Waals surface area contributed by atoms with Gasteiger partial charge in [0.2, 0.25) is 11.8 Å². The molecule has 2 amide bonds. The molecule has 3 rings (SSSR count). The van der Waals surface area contributed by atoms with Gasteiger partial charge in [-0.05, 0) is 56.2 Å². The zero-order valence-corrected chi connectivity index (χ0v) is 16.3. The number of carbonyl (C=O) groups excluding carboxylic acids is 2. The van der Waals surface area contributed by atoms with Crippen molar-refractivity contribution in [3.8, 4) is 5.75 Å². The van der Waals surface area contributed by atoms with Crippen molar-refractivity contribution in [3.63, 3.8) is 0 Å². The van der Waals surface area contributed by atoms with Crippen molar-refractivity contribution >= 4 is 11.8 Å². The van der Waals surface area contributed by atoms with E-state index in [0.717, 1.165) is 49.8 Å². The Morgan fingerprint density at radius 1 is 0.889 bits per heavy atom. The molecular weight excluding hydrogens is 340 g/mol. The Morgan fingerprint density at radius 2 is 1.48 bits per heavy atom. The van der Waals surface area contributed by atoms with E-state index in [9.17, 15) is 9.59 Å². The van der Waals surface area contributed by atoms with Gasteiger partial charge in [-0.3, -0.25) is 9.59 Å². The Balaban J connectivity index is 1.38. The Kier molecular flexibility index (Phi) is 7.13. The zero-order valence-electron chi connectivity index (χ0n) is 16.3. The quantitative estimate of drug-likeness (QED) is 0.802. The second-order valence-corrected chi connectivity index (χ2v) is 7.96. The minimum Gasteiger partial charge on any atom is -0.497 e. The molecule has 0 spiro atoms. The lowest BCUT2D eigenvalue weighted by Gasteiger charge is -2.29. The molecule has 2 N–H and O–H groups in total. The molecule has 2 fully saturated rings. The largest absolute Gasteiger partial charge is 0.497 e. The Bertz CT molecular complexity index is 615. The molecule has 0 aromatic heterocycles. The van der Waals surface area contributed by atoms with E-state index in [4.69, 9.17) is 4.74 Å². The highest BCUT2D eigenvalue weighted by Crippen LogP contribution is 2.30. The number of nitrogens with one attached hydrogen (secondary N) is 2. The van der Waals surface area contributed by atoms with Gasteiger partial charge in [-0.1, -0.05) is 31.4 Å². The van der Waals surface area contributed by atoms with Crippen molar-refractivity contribution in [2.75, 3.05) is 7.11 Å². The normalized spacial score (nSPS) is 23.4. The molecule has 0 atom stereocenters. The Hall–Kier alpha value is -2.04. The van der Waals surface area contributed by atoms with Gasteiger partial charge in [-0.25, -0.2) is 0 Å². The highest BCUT2D eigenvalue weighted by molar-refractivity contribution is 5.81. The first-order valence-electron chi connectivity index (χ1n) is 10.4. The molecule has 148 valence electrons. The van der Waals surface area contributed by atoms with Gasteiger partial charge in [0, 0.05) is 24.4 Å². The number of rotatable bonds is 6. The summed E-state index contributed by atoms with van der Waals surface area (Å²) in [5.74, 6) is 1.24. The minimum atomic E-state index is 0.0296. The van der Waals surface area contributed by atoms with Gasteiger partial charge >= 0.3 is 0 Å². The number of amides is 2. The van der Waals surface area contributed by atoms with Gasteiger partial charge in [-0.2, -0.15) is 0 Å². The fourth-order valence-corrected chi connectivity index (χ4v) is 4.26. The van der Waals surface area contributed by atoms with Crippen LogP contribution in [0, 0.1) is 11.8 Å². The number of ether oxygens (including phenoxy) is 1. The molecule has 0 aliphatic heterocycles. The fourth-order valence-electron chi connectivity index (χ4n) is 4.26. The Labute approximate surface area is 162 Å². The van der Waals surface area contributed by atoms with E-state index in [1.165, 1.54) is 19.3 Å². The highest BCUT2D eigenvalue weighted by Gasteiger charge is 2.30. The van der Waals surface area contributed by atoms with Crippen LogP contribution in [0.1, 0.15) is 63.4 Å². The van der Waals surface area contributed by atoms with E-state index in [-0.39, 0.29) is 23.7 Å². The van der Waals surface area contributed by atoms with E-state index in [1.54, 1.807) is 7.11 Å². The van der Waals surface area contributed by atoms with Gasteiger partial charge in [-0.15, -0.1) is 0 Å². The third-order valence-electron chi connectivity index (χ3n) is 6.05. The number of carbonyl (C=O) groups is 2. The molecule has 2 saturated carbocycles. The third-order valence-corrected chi connectivity index (χ3v) is 6.05. The average Bonchev–Trinajstić information content (AvgIpc) is 2.73. The summed E-state index contributed by atoms with van der Waals surface area (Å²) < 4.78 is 5.15. The van der Waals surface area contributed by atoms with Crippen LogP contribution in [0.25, 0.3) is 0 Å². The number of methoxy groups -OCH3 is 1. The first kappa shape index (κ1) is 19.7. The highest BCUT2D eigenvalue weighted by atomic mass is 16.5. The van der Waals surface area contributed by atoms with E-state index in [0.29, 0.717) is 12.6 Å². The second-order valence-electron chi connectivity index (χ2n) is 7.96. The molecule has 5 heteroatoms. The van der Waals surface area contributed by atoms with E-state index >= 15 is 0 Å². The molecule has 0 radical (unpaired) electrons. The maximum atomic E-state index is 12.5. The molecule has 2 aliphatic carbocycles. The van der Waals surface area contributed by atoms with Crippen molar-refractivity contribution in [2.45, 2.75) is 70.4 Å². The number of hydrogen-bond acceptors (Lipinski definition) is 3. The first-order chi connectivity index (χ1) is 13.2. The third kappa shape index (κ3) is 5.72. The van der Waals surface area contributed by atoms with Crippen molar-refractivity contribution in [2.24, 2.45) is 11.8 Å². The number of benzene rings is 1. The lowest BCUT2D eigenvalue weighted by Crippen LogP contribution is -2.42. The molecule has 0 heterocycles. The molecule has 5 nitrogen and oxygen atoms in total. The minimum absolute atomic E-state index is 0.0296. The lowest BCUT2D eigenvalue weighted by molar-refractivity contribution is -0.131. The topological polar surface area (TPSA) is 67.4 Å². The van der Waals surface area contributed by atoms with Crippen molar-refractivity contribution < 1.29 is 14.3 Å². The van der Waals surface area contributed by atoms with Crippen molar-refractivity contribution in [1.29, 1.82) is 0 Å². The summed E-state index contributed by atoms with van der Waals surface area (Å²) in [6, 6.07) is 8.10. The molecule has 0 unspecified atom stereocenters. The summed E-state index contributed by atoms with van der Waals surface area (Å²) in [6.45, 7) is 0.533. The molecule has 2 aliphatic rings. The standard InChI is InChI=1S/C22H32N2O3/c1-27-20-13-7-16(8-14-20)15-23-21(25)17-9-11-18(12-10-17)22(26)24-19-5-3-2-4-6-19/h7-8,13-14,17-19H,2-6,9-12,15H2,1H3,(H,23,25)(H,24,26). The predicted octanol–water partition coefficient (Wildman–Crippen LogP) is 3.57. The van der Waals surface area contributed by atoms with E-state index in [2.05, 4.69) is 10.6 Å². The van der Waals surface area contributed by atoms with Crippen LogP contribution in [0.2, 0.25) is 0 Å². The van der Waals surface area contributed by atoms with Crippen LogP contribution in [-0.2, 0) is 16.1 Å². The Morgan fingerprint density at radius 3 is 2.07 bits per heavy atom. The summed E-state index contributed by atoms with van der Waals surface area (Å²) in [4.78, 5) is 24.9. The van der Waals surface area contributed by atoms with Crippen LogP contribution in [-0.4, -0.2) is 25.0 Å². The van der Waals surface area contributed by atoms with Crippen LogP contribution in [0.3, 0.4) is 0 Å². The average molecular weight is 373 g/mol. The van der Waals surface area contributed by atoms with Gasteiger partial charge in [0.15, 0.2) is 0 Å². The van der Waals surface area contributed by atoms with Crippen LogP contribution in [0.4, 0.5) is 0 Å². The van der Waals surface area contributed by atoms with Crippen molar-refractivity contribution in [1.82, 2.24) is 10.6 Å². The maximum absolute atomic E-state index is 12.5. The van der Waals surface area contributed by atoms with Crippen LogP contribution in [0.15, 0.2) is 24.3 Å². The second kappa shape index (κ2) is 9.77. The summed E-state index contributed by atoms with van der Waals surface area (Å²) in [7, 11) is 1.64. The first-order valence-corrected chi connectivity index (χ1v) is 10.4. The maximum Gasteiger partial charge on any atom is 0.223 e. The van der Waals surface area contributed by atoms with Gasteiger partial charge in [0.1, 0.15) is 5.75 Å².